The van der Waals surface area contributed by atoms with E-state index in [0.29, 0.717) is 11.3 Å². The van der Waals surface area contributed by atoms with Crippen LogP contribution in [0.5, 0.6) is 5.75 Å². The Balaban J connectivity index is 1.96. The number of nitrogens with zero attached hydrogens (tertiary/aromatic N) is 1. The van der Waals surface area contributed by atoms with Crippen LogP contribution in [0.15, 0.2) is 41.5 Å². The maximum atomic E-state index is 11.8. The number of carbonyl (C=O) groups is 2. The van der Waals surface area contributed by atoms with Crippen LogP contribution < -0.4 is 15.5 Å². The molecule has 0 saturated carbocycles. The van der Waals surface area contributed by atoms with Gasteiger partial charge < -0.3 is 10.1 Å². The smallest absolute Gasteiger partial charge is 0.329 e. The van der Waals surface area contributed by atoms with Crippen molar-refractivity contribution < 1.29 is 14.3 Å². The lowest BCUT2D eigenvalue weighted by molar-refractivity contribution is -0.136. The van der Waals surface area contributed by atoms with E-state index in [-0.39, 0.29) is 22.4 Å². The fraction of sp³-hybridized carbons (Fsp3) is 0.105. The number of anilines is 1. The predicted molar refractivity (Wildman–Crippen MR) is 106 cm³/mol. The largest absolute Gasteiger partial charge is 0.478 e. The standard InChI is InChI=1S/C19H15Cl2N3O3/c1-3-8-27-17-15(20)9-13(10-16(17)21)11-22-24-19(26)18(25)23-14-6-4-12(2)5-7-14/h1,4-7,9-11H,8H2,2H3,(H,23,25)(H,24,26)/b22-11-. The van der Waals surface area contributed by atoms with Crippen LogP contribution in [0.25, 0.3) is 0 Å². The Kier molecular flexibility index (Phi) is 7.24. The summed E-state index contributed by atoms with van der Waals surface area (Å²) in [6, 6.07) is 10.1. The summed E-state index contributed by atoms with van der Waals surface area (Å²) in [6.07, 6.45) is 6.42. The Labute approximate surface area is 166 Å². The third-order valence-corrected chi connectivity index (χ3v) is 3.78. The third-order valence-electron chi connectivity index (χ3n) is 3.22. The first-order valence-corrected chi connectivity index (χ1v) is 8.42. The minimum atomic E-state index is -0.919. The van der Waals surface area contributed by atoms with Crippen molar-refractivity contribution in [2.45, 2.75) is 6.92 Å². The topological polar surface area (TPSA) is 79.8 Å². The molecular weight excluding hydrogens is 389 g/mol. The average Bonchev–Trinajstić information content (AvgIpc) is 2.63. The van der Waals surface area contributed by atoms with Crippen molar-refractivity contribution in [1.82, 2.24) is 5.43 Å². The number of nitrogens with one attached hydrogen (secondary N) is 2. The van der Waals surface area contributed by atoms with Crippen molar-refractivity contribution >= 4 is 46.9 Å². The lowest BCUT2D eigenvalue weighted by Gasteiger charge is -2.08. The Hall–Kier alpha value is -3.01. The molecule has 0 aliphatic heterocycles. The van der Waals surface area contributed by atoms with Crippen molar-refractivity contribution in [3.05, 3.63) is 57.6 Å². The van der Waals surface area contributed by atoms with Gasteiger partial charge in [0.15, 0.2) is 5.75 Å². The molecule has 0 saturated heterocycles. The first-order chi connectivity index (χ1) is 12.9. The Morgan fingerprint density at radius 3 is 2.41 bits per heavy atom. The van der Waals surface area contributed by atoms with Crippen LogP contribution in [-0.4, -0.2) is 24.6 Å². The van der Waals surface area contributed by atoms with Gasteiger partial charge in [-0.25, -0.2) is 5.43 Å². The number of rotatable bonds is 5. The number of carbonyl (C=O) groups excluding carboxylic acids is 2. The zero-order valence-electron chi connectivity index (χ0n) is 14.3. The van der Waals surface area contributed by atoms with Gasteiger partial charge >= 0.3 is 11.8 Å². The highest BCUT2D eigenvalue weighted by molar-refractivity contribution is 6.39. The molecule has 2 aromatic rings. The monoisotopic (exact) mass is 403 g/mol. The summed E-state index contributed by atoms with van der Waals surface area (Å²) in [5, 5.41) is 6.66. The Morgan fingerprint density at radius 1 is 1.19 bits per heavy atom. The number of ether oxygens (including phenoxy) is 1. The normalized spacial score (nSPS) is 10.3. The summed E-state index contributed by atoms with van der Waals surface area (Å²) in [7, 11) is 0. The molecule has 0 spiro atoms. The molecule has 0 atom stereocenters. The van der Waals surface area contributed by atoms with Crippen molar-refractivity contribution in [3.8, 4) is 18.1 Å². The second kappa shape index (κ2) is 9.62. The summed E-state index contributed by atoms with van der Waals surface area (Å²) >= 11 is 12.1. The molecule has 2 amide bonds. The zero-order chi connectivity index (χ0) is 19.8. The van der Waals surface area contributed by atoms with Crippen molar-refractivity contribution in [3.63, 3.8) is 0 Å². The minimum absolute atomic E-state index is 0.0268. The average molecular weight is 404 g/mol. The first kappa shape index (κ1) is 20.3. The van der Waals surface area contributed by atoms with E-state index in [0.717, 1.165) is 5.56 Å². The number of terminal acetylenes is 1. The van der Waals surface area contributed by atoms with Crippen LogP contribution in [0, 0.1) is 19.3 Å². The third kappa shape index (κ3) is 6.03. The van der Waals surface area contributed by atoms with Gasteiger partial charge in [-0.15, -0.1) is 6.42 Å². The number of aryl methyl sites for hydroxylation is 1. The number of amides is 2. The predicted octanol–water partition coefficient (Wildman–Crippen LogP) is 3.40. The van der Waals surface area contributed by atoms with E-state index < -0.39 is 11.8 Å². The summed E-state index contributed by atoms with van der Waals surface area (Å²) in [6.45, 7) is 1.94. The van der Waals surface area contributed by atoms with E-state index in [1.165, 1.54) is 18.3 Å². The van der Waals surface area contributed by atoms with Crippen LogP contribution in [0.2, 0.25) is 10.0 Å². The maximum absolute atomic E-state index is 11.8. The Bertz CT molecular complexity index is 896. The molecule has 0 fully saturated rings. The Morgan fingerprint density at radius 2 is 1.81 bits per heavy atom. The molecule has 0 aliphatic rings. The molecule has 27 heavy (non-hydrogen) atoms. The summed E-state index contributed by atoms with van der Waals surface area (Å²) < 4.78 is 5.24. The zero-order valence-corrected chi connectivity index (χ0v) is 15.8. The number of benzene rings is 2. The van der Waals surface area contributed by atoms with Crippen LogP contribution >= 0.6 is 23.2 Å². The number of halogens is 2. The van der Waals surface area contributed by atoms with E-state index in [1.807, 2.05) is 19.1 Å². The van der Waals surface area contributed by atoms with E-state index in [9.17, 15) is 9.59 Å². The molecule has 2 aromatic carbocycles. The molecule has 0 radical (unpaired) electrons. The summed E-state index contributed by atoms with van der Waals surface area (Å²) in [5.41, 5.74) is 4.16. The first-order valence-electron chi connectivity index (χ1n) is 7.67. The van der Waals surface area contributed by atoms with Gasteiger partial charge in [0.05, 0.1) is 16.3 Å². The van der Waals surface area contributed by atoms with Gasteiger partial charge in [-0.05, 0) is 36.8 Å². The number of hydrogen-bond acceptors (Lipinski definition) is 4. The quantitative estimate of drug-likeness (QED) is 0.347. The van der Waals surface area contributed by atoms with Crippen LogP contribution in [-0.2, 0) is 9.59 Å². The van der Waals surface area contributed by atoms with Gasteiger partial charge in [0.25, 0.3) is 0 Å². The van der Waals surface area contributed by atoms with Gasteiger partial charge in [0, 0.05) is 5.69 Å². The van der Waals surface area contributed by atoms with Crippen LogP contribution in [0.4, 0.5) is 5.69 Å². The van der Waals surface area contributed by atoms with Gasteiger partial charge in [0.2, 0.25) is 0 Å². The highest BCUT2D eigenvalue weighted by atomic mass is 35.5. The maximum Gasteiger partial charge on any atom is 0.329 e. The fourth-order valence-electron chi connectivity index (χ4n) is 1.95. The molecular formula is C19H15Cl2N3O3. The van der Waals surface area contributed by atoms with E-state index in [4.69, 9.17) is 34.4 Å². The van der Waals surface area contributed by atoms with Gasteiger partial charge in [0.1, 0.15) is 6.61 Å². The second-order valence-electron chi connectivity index (χ2n) is 5.33. The van der Waals surface area contributed by atoms with Crippen LogP contribution in [0.3, 0.4) is 0 Å². The highest BCUT2D eigenvalue weighted by Gasteiger charge is 2.13. The molecule has 138 valence electrons. The summed E-state index contributed by atoms with van der Waals surface area (Å²) in [5.74, 6) is 0.810. The van der Waals surface area contributed by atoms with E-state index in [2.05, 4.69) is 21.8 Å². The molecule has 0 aliphatic carbocycles. The molecule has 0 aromatic heterocycles. The molecule has 2 N–H and O–H groups in total. The lowest BCUT2D eigenvalue weighted by atomic mass is 10.2. The molecule has 0 heterocycles. The van der Waals surface area contributed by atoms with Gasteiger partial charge in [-0.3, -0.25) is 9.59 Å². The number of hydrogen-bond donors (Lipinski definition) is 2. The van der Waals surface area contributed by atoms with E-state index >= 15 is 0 Å². The molecule has 2 rings (SSSR count). The van der Waals surface area contributed by atoms with Crippen molar-refractivity contribution in [2.75, 3.05) is 11.9 Å². The summed E-state index contributed by atoms with van der Waals surface area (Å²) in [4.78, 5) is 23.6. The molecule has 0 unspecified atom stereocenters. The second-order valence-corrected chi connectivity index (χ2v) is 6.14. The van der Waals surface area contributed by atoms with Crippen LogP contribution in [0.1, 0.15) is 11.1 Å². The lowest BCUT2D eigenvalue weighted by Crippen LogP contribution is -2.32. The number of hydrazone groups is 1. The highest BCUT2D eigenvalue weighted by Crippen LogP contribution is 2.33. The van der Waals surface area contributed by atoms with E-state index in [1.54, 1.807) is 12.1 Å². The van der Waals surface area contributed by atoms with Crippen molar-refractivity contribution in [1.29, 1.82) is 0 Å². The minimum Gasteiger partial charge on any atom is -0.478 e. The molecule has 8 heteroatoms. The van der Waals surface area contributed by atoms with Gasteiger partial charge in [-0.1, -0.05) is 46.8 Å². The SMILES string of the molecule is C#CCOc1c(Cl)cc(/C=N\NC(=O)C(=O)Nc2ccc(C)cc2)cc1Cl. The van der Waals surface area contributed by atoms with Crippen molar-refractivity contribution in [2.24, 2.45) is 5.10 Å². The van der Waals surface area contributed by atoms with Gasteiger partial charge in [-0.2, -0.15) is 5.10 Å². The fourth-order valence-corrected chi connectivity index (χ4v) is 2.56. The molecule has 6 nitrogen and oxygen atoms in total. The molecule has 0 bridgehead atoms.